The van der Waals surface area contributed by atoms with Crippen molar-refractivity contribution in [3.63, 3.8) is 0 Å². The molecule has 0 spiro atoms. The van der Waals surface area contributed by atoms with Crippen molar-refractivity contribution in [1.29, 1.82) is 0 Å². The van der Waals surface area contributed by atoms with Crippen molar-refractivity contribution >= 4 is 17.6 Å². The largest absolute Gasteiger partial charge is 0.506 e. The molecule has 0 aromatic heterocycles. The van der Waals surface area contributed by atoms with Crippen LogP contribution in [0.5, 0.6) is 5.75 Å². The Hall–Kier alpha value is -1.26. The summed E-state index contributed by atoms with van der Waals surface area (Å²) >= 11 is 5.80. The van der Waals surface area contributed by atoms with Gasteiger partial charge in [0.25, 0.3) is 0 Å². The second-order valence-corrected chi connectivity index (χ2v) is 4.83. The summed E-state index contributed by atoms with van der Waals surface area (Å²) in [6, 6.07) is 4.41. The molecule has 0 amide bonds. The highest BCUT2D eigenvalue weighted by Gasteiger charge is 2.28. The molecule has 1 aromatic carbocycles. The molecule has 0 saturated heterocycles. The van der Waals surface area contributed by atoms with Gasteiger partial charge in [-0.3, -0.25) is 4.79 Å². The van der Waals surface area contributed by atoms with Gasteiger partial charge in [0, 0.05) is 0 Å². The van der Waals surface area contributed by atoms with Gasteiger partial charge in [-0.25, -0.2) is 0 Å². The Bertz CT molecular complexity index is 433. The lowest BCUT2D eigenvalue weighted by Crippen LogP contribution is -2.23. The molecule has 0 aliphatic heterocycles. The molecule has 2 N–H and O–H groups in total. The number of benzene rings is 1. The van der Waals surface area contributed by atoms with E-state index in [0.29, 0.717) is 12.0 Å². The number of rotatable bonds is 6. The first-order valence-corrected chi connectivity index (χ1v) is 6.63. The number of ether oxygens (including phenoxy) is 1. The van der Waals surface area contributed by atoms with E-state index in [9.17, 15) is 15.0 Å². The van der Waals surface area contributed by atoms with Crippen LogP contribution in [-0.2, 0) is 9.53 Å². The first kappa shape index (κ1) is 15.8. The van der Waals surface area contributed by atoms with Gasteiger partial charge in [0.1, 0.15) is 5.75 Å². The smallest absolute Gasteiger partial charge is 0.311 e. The zero-order valence-electron chi connectivity index (χ0n) is 11.1. The third kappa shape index (κ3) is 4.11. The lowest BCUT2D eigenvalue weighted by Gasteiger charge is -2.21. The average Bonchev–Trinajstić information content (AvgIpc) is 2.41. The van der Waals surface area contributed by atoms with E-state index in [1.54, 1.807) is 6.07 Å². The van der Waals surface area contributed by atoms with Crippen LogP contribution >= 0.6 is 11.6 Å². The summed E-state index contributed by atoms with van der Waals surface area (Å²) in [6.07, 6.45) is 1.30. The van der Waals surface area contributed by atoms with E-state index in [2.05, 4.69) is 0 Å². The first-order chi connectivity index (χ1) is 9.01. The Morgan fingerprint density at radius 1 is 1.47 bits per heavy atom. The molecule has 0 heterocycles. The zero-order chi connectivity index (χ0) is 14.4. The van der Waals surface area contributed by atoms with Crippen molar-refractivity contribution in [2.75, 3.05) is 7.11 Å². The molecule has 0 radical (unpaired) electrons. The summed E-state index contributed by atoms with van der Waals surface area (Å²) in [7, 11) is 1.30. The molecular weight excluding hydrogens is 268 g/mol. The number of carbonyl (C=O) groups is 1. The van der Waals surface area contributed by atoms with Gasteiger partial charge in [0.2, 0.25) is 0 Å². The van der Waals surface area contributed by atoms with E-state index in [-0.39, 0.29) is 10.8 Å². The van der Waals surface area contributed by atoms with Crippen molar-refractivity contribution in [2.24, 2.45) is 5.92 Å². The van der Waals surface area contributed by atoms with Crippen LogP contribution in [0.3, 0.4) is 0 Å². The normalized spacial score (nSPS) is 13.9. The molecular formula is C14H19ClO4. The maximum Gasteiger partial charge on any atom is 0.311 e. The fraction of sp³-hybridized carbons (Fsp3) is 0.500. The predicted octanol–water partition coefficient (Wildman–Crippen LogP) is 3.06. The second-order valence-electron chi connectivity index (χ2n) is 4.43. The number of hydrogen-bond acceptors (Lipinski definition) is 4. The van der Waals surface area contributed by atoms with Gasteiger partial charge < -0.3 is 14.9 Å². The van der Waals surface area contributed by atoms with Crippen LogP contribution in [0.4, 0.5) is 0 Å². The number of aliphatic hydroxyl groups is 1. The minimum atomic E-state index is -0.989. The van der Waals surface area contributed by atoms with Crippen LogP contribution in [0.2, 0.25) is 5.02 Å². The van der Waals surface area contributed by atoms with E-state index in [4.69, 9.17) is 16.3 Å². The molecule has 1 aromatic rings. The van der Waals surface area contributed by atoms with Gasteiger partial charge in [-0.05, 0) is 24.1 Å². The topological polar surface area (TPSA) is 66.8 Å². The summed E-state index contributed by atoms with van der Waals surface area (Å²) in [5.74, 6) is -1.11. The van der Waals surface area contributed by atoms with Crippen molar-refractivity contribution < 1.29 is 19.7 Å². The van der Waals surface area contributed by atoms with Gasteiger partial charge in [-0.15, -0.1) is 0 Å². The van der Waals surface area contributed by atoms with Crippen molar-refractivity contribution in [1.82, 2.24) is 0 Å². The molecule has 0 aliphatic carbocycles. The number of methoxy groups -OCH3 is 1. The number of esters is 1. The molecule has 4 nitrogen and oxygen atoms in total. The number of phenolic OH excluding ortho intramolecular Hbond substituents is 1. The van der Waals surface area contributed by atoms with Crippen molar-refractivity contribution in [3.05, 3.63) is 28.8 Å². The lowest BCUT2D eigenvalue weighted by molar-refractivity contribution is -0.150. The molecule has 0 saturated carbocycles. The number of phenols is 1. The molecule has 0 bridgehead atoms. The van der Waals surface area contributed by atoms with E-state index >= 15 is 0 Å². The molecule has 106 valence electrons. The minimum Gasteiger partial charge on any atom is -0.506 e. The average molecular weight is 287 g/mol. The quantitative estimate of drug-likeness (QED) is 0.789. The number of halogens is 1. The highest BCUT2D eigenvalue weighted by atomic mass is 35.5. The molecule has 2 unspecified atom stereocenters. The molecule has 19 heavy (non-hydrogen) atoms. The Balaban J connectivity index is 2.93. The standard InChI is InChI=1S/C14H19ClO4/c1-3-4-5-10(14(18)19-2)13(17)9-6-7-12(16)11(15)8-9/h6-8,10,13,16-17H,3-5H2,1-2H3. The highest BCUT2D eigenvalue weighted by molar-refractivity contribution is 6.32. The summed E-state index contributed by atoms with van der Waals surface area (Å²) in [6.45, 7) is 2.01. The zero-order valence-corrected chi connectivity index (χ0v) is 11.9. The highest BCUT2D eigenvalue weighted by Crippen LogP contribution is 2.32. The van der Waals surface area contributed by atoms with E-state index < -0.39 is 18.0 Å². The van der Waals surface area contributed by atoms with E-state index in [1.807, 2.05) is 6.92 Å². The van der Waals surface area contributed by atoms with Crippen LogP contribution in [0.1, 0.15) is 37.9 Å². The van der Waals surface area contributed by atoms with Crippen LogP contribution in [0, 0.1) is 5.92 Å². The Morgan fingerprint density at radius 2 is 2.16 bits per heavy atom. The lowest BCUT2D eigenvalue weighted by atomic mass is 9.91. The van der Waals surface area contributed by atoms with Crippen LogP contribution < -0.4 is 0 Å². The second kappa shape index (κ2) is 7.36. The predicted molar refractivity (Wildman–Crippen MR) is 73.1 cm³/mol. The van der Waals surface area contributed by atoms with Crippen LogP contribution in [0.15, 0.2) is 18.2 Å². The Morgan fingerprint density at radius 3 is 2.68 bits per heavy atom. The molecule has 5 heteroatoms. The summed E-state index contributed by atoms with van der Waals surface area (Å²) in [5, 5.41) is 19.8. The third-order valence-corrected chi connectivity index (χ3v) is 3.37. The van der Waals surface area contributed by atoms with Gasteiger partial charge in [-0.1, -0.05) is 37.4 Å². The summed E-state index contributed by atoms with van der Waals surface area (Å²) < 4.78 is 4.72. The number of aromatic hydroxyl groups is 1. The SMILES string of the molecule is CCCCC(C(=O)OC)C(O)c1ccc(O)c(Cl)c1. The maximum absolute atomic E-state index is 11.7. The first-order valence-electron chi connectivity index (χ1n) is 6.25. The Labute approximate surface area is 118 Å². The van der Waals surface area contributed by atoms with Gasteiger partial charge in [0.15, 0.2) is 0 Å². The molecule has 0 aliphatic rings. The Kier molecular flexibility index (Phi) is 6.12. The van der Waals surface area contributed by atoms with Crippen LogP contribution in [-0.4, -0.2) is 23.3 Å². The van der Waals surface area contributed by atoms with Crippen molar-refractivity contribution in [2.45, 2.75) is 32.3 Å². The molecule has 2 atom stereocenters. The van der Waals surface area contributed by atoms with Gasteiger partial charge in [-0.2, -0.15) is 0 Å². The fourth-order valence-corrected chi connectivity index (χ4v) is 2.11. The fourth-order valence-electron chi connectivity index (χ4n) is 1.92. The number of carbonyl (C=O) groups excluding carboxylic acids is 1. The number of hydrogen-bond donors (Lipinski definition) is 2. The van der Waals surface area contributed by atoms with E-state index in [1.165, 1.54) is 19.2 Å². The monoisotopic (exact) mass is 286 g/mol. The van der Waals surface area contributed by atoms with Gasteiger partial charge in [0.05, 0.1) is 24.2 Å². The molecule has 1 rings (SSSR count). The summed E-state index contributed by atoms with van der Waals surface area (Å²) in [5.41, 5.74) is 0.495. The van der Waals surface area contributed by atoms with E-state index in [0.717, 1.165) is 12.8 Å². The minimum absolute atomic E-state index is 0.0548. The summed E-state index contributed by atoms with van der Waals surface area (Å²) in [4.78, 5) is 11.7. The van der Waals surface area contributed by atoms with Crippen molar-refractivity contribution in [3.8, 4) is 5.75 Å². The third-order valence-electron chi connectivity index (χ3n) is 3.07. The number of aliphatic hydroxyl groups excluding tert-OH is 1. The molecule has 0 fully saturated rings. The van der Waals surface area contributed by atoms with Crippen LogP contribution in [0.25, 0.3) is 0 Å². The maximum atomic E-state index is 11.7. The van der Waals surface area contributed by atoms with Gasteiger partial charge >= 0.3 is 5.97 Å². The number of unbranched alkanes of at least 4 members (excludes halogenated alkanes) is 1.